The van der Waals surface area contributed by atoms with E-state index in [1.165, 1.54) is 0 Å². The SMILES string of the molecule is CNCCNC(=O)C1CC(=O)N(C(C)c2ccccc2)C1. The van der Waals surface area contributed by atoms with Crippen molar-refractivity contribution in [1.29, 1.82) is 0 Å². The van der Waals surface area contributed by atoms with Gasteiger partial charge < -0.3 is 15.5 Å². The van der Waals surface area contributed by atoms with E-state index in [0.717, 1.165) is 12.1 Å². The highest BCUT2D eigenvalue weighted by molar-refractivity contribution is 5.89. The number of nitrogens with zero attached hydrogens (tertiary/aromatic N) is 1. The summed E-state index contributed by atoms with van der Waals surface area (Å²) in [5.41, 5.74) is 1.10. The molecule has 0 spiro atoms. The molecule has 2 amide bonds. The first-order valence-corrected chi connectivity index (χ1v) is 7.40. The van der Waals surface area contributed by atoms with E-state index in [0.29, 0.717) is 19.5 Å². The van der Waals surface area contributed by atoms with Gasteiger partial charge in [-0.15, -0.1) is 0 Å². The van der Waals surface area contributed by atoms with Crippen LogP contribution in [0.25, 0.3) is 0 Å². The molecule has 21 heavy (non-hydrogen) atoms. The molecule has 2 unspecified atom stereocenters. The number of nitrogens with one attached hydrogen (secondary N) is 2. The van der Waals surface area contributed by atoms with Gasteiger partial charge in [-0.1, -0.05) is 30.3 Å². The normalized spacial score (nSPS) is 19.6. The molecule has 2 rings (SSSR count). The van der Waals surface area contributed by atoms with E-state index in [1.54, 1.807) is 4.90 Å². The van der Waals surface area contributed by atoms with Gasteiger partial charge in [0.15, 0.2) is 0 Å². The molecule has 2 N–H and O–H groups in total. The lowest BCUT2D eigenvalue weighted by Crippen LogP contribution is -2.36. The van der Waals surface area contributed by atoms with Gasteiger partial charge in [-0.3, -0.25) is 9.59 Å². The van der Waals surface area contributed by atoms with Crippen molar-refractivity contribution in [3.05, 3.63) is 35.9 Å². The number of carbonyl (C=O) groups excluding carboxylic acids is 2. The van der Waals surface area contributed by atoms with E-state index >= 15 is 0 Å². The molecule has 5 heteroatoms. The Labute approximate surface area is 125 Å². The molecule has 1 aliphatic heterocycles. The monoisotopic (exact) mass is 289 g/mol. The molecule has 2 atom stereocenters. The van der Waals surface area contributed by atoms with E-state index in [1.807, 2.05) is 44.3 Å². The molecule has 0 radical (unpaired) electrons. The second-order valence-corrected chi connectivity index (χ2v) is 5.43. The van der Waals surface area contributed by atoms with E-state index in [9.17, 15) is 9.59 Å². The van der Waals surface area contributed by atoms with E-state index < -0.39 is 0 Å². The number of hydrogen-bond acceptors (Lipinski definition) is 3. The van der Waals surface area contributed by atoms with Gasteiger partial charge >= 0.3 is 0 Å². The van der Waals surface area contributed by atoms with E-state index in [-0.39, 0.29) is 23.8 Å². The Bertz CT molecular complexity index is 490. The summed E-state index contributed by atoms with van der Waals surface area (Å²) in [5.74, 6) is -0.206. The number of likely N-dealkylation sites (N-methyl/N-ethyl adjacent to an activating group) is 1. The zero-order valence-electron chi connectivity index (χ0n) is 12.6. The summed E-state index contributed by atoms with van der Waals surface area (Å²) in [5, 5.41) is 5.84. The van der Waals surface area contributed by atoms with Gasteiger partial charge in [-0.05, 0) is 19.5 Å². The summed E-state index contributed by atoms with van der Waals surface area (Å²) in [4.78, 5) is 26.0. The van der Waals surface area contributed by atoms with Gasteiger partial charge in [0.1, 0.15) is 0 Å². The maximum Gasteiger partial charge on any atom is 0.225 e. The number of likely N-dealkylation sites (tertiary alicyclic amines) is 1. The highest BCUT2D eigenvalue weighted by atomic mass is 16.2. The summed E-state index contributed by atoms with van der Waals surface area (Å²) in [7, 11) is 1.84. The van der Waals surface area contributed by atoms with Crippen LogP contribution in [-0.4, -0.2) is 43.4 Å². The number of amides is 2. The molecule has 0 aromatic heterocycles. The predicted molar refractivity (Wildman–Crippen MR) is 81.6 cm³/mol. The van der Waals surface area contributed by atoms with Crippen molar-refractivity contribution < 1.29 is 9.59 Å². The minimum absolute atomic E-state index is 0.00816. The van der Waals surface area contributed by atoms with Gasteiger partial charge in [0.25, 0.3) is 0 Å². The van der Waals surface area contributed by atoms with Crippen LogP contribution in [0.2, 0.25) is 0 Å². The van der Waals surface area contributed by atoms with Crippen molar-refractivity contribution in [3.63, 3.8) is 0 Å². The molecule has 1 heterocycles. The zero-order chi connectivity index (χ0) is 15.2. The zero-order valence-corrected chi connectivity index (χ0v) is 12.6. The fourth-order valence-corrected chi connectivity index (χ4v) is 2.65. The standard InChI is InChI=1S/C16H23N3O2/c1-12(13-6-4-3-5-7-13)19-11-14(10-15(19)20)16(21)18-9-8-17-2/h3-7,12,14,17H,8-11H2,1-2H3,(H,18,21). The van der Waals surface area contributed by atoms with Crippen LogP contribution in [0.4, 0.5) is 0 Å². The first-order chi connectivity index (χ1) is 10.1. The lowest BCUT2D eigenvalue weighted by atomic mass is 10.1. The molecular formula is C16H23N3O2. The van der Waals surface area contributed by atoms with Crippen molar-refractivity contribution in [2.24, 2.45) is 5.92 Å². The average Bonchev–Trinajstić information content (AvgIpc) is 2.89. The Morgan fingerprint density at radius 2 is 2.05 bits per heavy atom. The molecule has 1 saturated heterocycles. The summed E-state index contributed by atoms with van der Waals surface area (Å²) >= 11 is 0. The van der Waals surface area contributed by atoms with Gasteiger partial charge in [0.2, 0.25) is 11.8 Å². The van der Waals surface area contributed by atoms with Crippen molar-refractivity contribution in [1.82, 2.24) is 15.5 Å². The largest absolute Gasteiger partial charge is 0.355 e. The second-order valence-electron chi connectivity index (χ2n) is 5.43. The van der Waals surface area contributed by atoms with Crippen LogP contribution in [0.1, 0.15) is 24.9 Å². The second kappa shape index (κ2) is 7.22. The molecule has 1 aromatic rings. The first kappa shape index (κ1) is 15.5. The molecule has 0 saturated carbocycles. The van der Waals surface area contributed by atoms with E-state index in [2.05, 4.69) is 10.6 Å². The maximum absolute atomic E-state index is 12.2. The third kappa shape index (κ3) is 3.82. The highest BCUT2D eigenvalue weighted by Gasteiger charge is 2.36. The van der Waals surface area contributed by atoms with Crippen molar-refractivity contribution in [3.8, 4) is 0 Å². The third-order valence-corrected chi connectivity index (χ3v) is 3.95. The lowest BCUT2D eigenvalue weighted by Gasteiger charge is -2.25. The number of rotatable bonds is 6. The minimum Gasteiger partial charge on any atom is -0.355 e. The van der Waals surface area contributed by atoms with Gasteiger partial charge in [0, 0.05) is 26.1 Å². The van der Waals surface area contributed by atoms with Crippen molar-refractivity contribution in [2.75, 3.05) is 26.7 Å². The van der Waals surface area contributed by atoms with Gasteiger partial charge in [-0.25, -0.2) is 0 Å². The van der Waals surface area contributed by atoms with Crippen molar-refractivity contribution >= 4 is 11.8 Å². The molecule has 0 bridgehead atoms. The Kier molecular flexibility index (Phi) is 5.33. The Balaban J connectivity index is 1.95. The first-order valence-electron chi connectivity index (χ1n) is 7.40. The van der Waals surface area contributed by atoms with Gasteiger partial charge in [-0.2, -0.15) is 0 Å². The van der Waals surface area contributed by atoms with Crippen LogP contribution in [0.3, 0.4) is 0 Å². The van der Waals surface area contributed by atoms with Crippen LogP contribution in [0.15, 0.2) is 30.3 Å². The molecular weight excluding hydrogens is 266 g/mol. The van der Waals surface area contributed by atoms with Crippen LogP contribution in [0, 0.1) is 5.92 Å². The van der Waals surface area contributed by atoms with Crippen LogP contribution >= 0.6 is 0 Å². The molecule has 0 aliphatic carbocycles. The smallest absolute Gasteiger partial charge is 0.225 e. The predicted octanol–water partition coefficient (Wildman–Crippen LogP) is 0.932. The number of carbonyl (C=O) groups is 2. The molecule has 114 valence electrons. The number of hydrogen-bond donors (Lipinski definition) is 2. The maximum atomic E-state index is 12.2. The minimum atomic E-state index is -0.236. The quantitative estimate of drug-likeness (QED) is 0.766. The number of benzene rings is 1. The lowest BCUT2D eigenvalue weighted by molar-refractivity contribution is -0.130. The molecule has 1 fully saturated rings. The molecule has 5 nitrogen and oxygen atoms in total. The van der Waals surface area contributed by atoms with E-state index in [4.69, 9.17) is 0 Å². The Morgan fingerprint density at radius 3 is 2.71 bits per heavy atom. The van der Waals surface area contributed by atoms with Crippen molar-refractivity contribution in [2.45, 2.75) is 19.4 Å². The average molecular weight is 289 g/mol. The fraction of sp³-hybridized carbons (Fsp3) is 0.500. The summed E-state index contributed by atoms with van der Waals surface area (Å²) in [6.07, 6.45) is 0.308. The fourth-order valence-electron chi connectivity index (χ4n) is 2.65. The van der Waals surface area contributed by atoms with Crippen LogP contribution in [0.5, 0.6) is 0 Å². The topological polar surface area (TPSA) is 61.4 Å². The molecule has 1 aliphatic rings. The Morgan fingerprint density at radius 1 is 1.33 bits per heavy atom. The van der Waals surface area contributed by atoms with Gasteiger partial charge in [0.05, 0.1) is 12.0 Å². The summed E-state index contributed by atoms with van der Waals surface area (Å²) in [6, 6.07) is 9.92. The summed E-state index contributed by atoms with van der Waals surface area (Å²) in [6.45, 7) is 3.83. The Hall–Kier alpha value is -1.88. The van der Waals surface area contributed by atoms with Crippen LogP contribution in [-0.2, 0) is 9.59 Å². The molecule has 1 aromatic carbocycles. The third-order valence-electron chi connectivity index (χ3n) is 3.95. The summed E-state index contributed by atoms with van der Waals surface area (Å²) < 4.78 is 0. The van der Waals surface area contributed by atoms with Crippen LogP contribution < -0.4 is 10.6 Å². The highest BCUT2D eigenvalue weighted by Crippen LogP contribution is 2.28.